The molecule has 1 aromatic carbocycles. The lowest BCUT2D eigenvalue weighted by atomic mass is 9.99. The molecule has 0 spiro atoms. The monoisotopic (exact) mass is 240 g/mol. The van der Waals surface area contributed by atoms with Crippen molar-refractivity contribution >= 4 is 0 Å². The standard InChI is InChI=1S/C17H20O/c1-6-15(4)18-16(5)10-9-14(3)17-11-7-13(2)8-12-17/h6-12,14H,1,4-5H2,2-3H3/b10-9-. The smallest absolute Gasteiger partial charge is 0.119 e. The normalized spacial score (nSPS) is 12.1. The molecule has 0 radical (unpaired) electrons. The molecule has 0 aliphatic heterocycles. The highest BCUT2D eigenvalue weighted by molar-refractivity contribution is 5.28. The zero-order chi connectivity index (χ0) is 13.5. The summed E-state index contributed by atoms with van der Waals surface area (Å²) in [5, 5.41) is 0. The minimum Gasteiger partial charge on any atom is -0.459 e. The molecule has 0 aliphatic rings. The summed E-state index contributed by atoms with van der Waals surface area (Å²) in [6.45, 7) is 15.3. The van der Waals surface area contributed by atoms with Crippen LogP contribution < -0.4 is 0 Å². The van der Waals surface area contributed by atoms with Crippen molar-refractivity contribution in [1.29, 1.82) is 0 Å². The molecule has 0 amide bonds. The topological polar surface area (TPSA) is 9.23 Å². The van der Waals surface area contributed by atoms with Gasteiger partial charge < -0.3 is 4.74 Å². The summed E-state index contributed by atoms with van der Waals surface area (Å²) >= 11 is 0. The minimum absolute atomic E-state index is 0.322. The van der Waals surface area contributed by atoms with Gasteiger partial charge in [0, 0.05) is 0 Å². The average molecular weight is 240 g/mol. The highest BCUT2D eigenvalue weighted by Gasteiger charge is 2.01. The summed E-state index contributed by atoms with van der Waals surface area (Å²) in [4.78, 5) is 0. The number of rotatable bonds is 6. The Morgan fingerprint density at radius 3 is 2.33 bits per heavy atom. The molecule has 0 bridgehead atoms. The van der Waals surface area contributed by atoms with Gasteiger partial charge >= 0.3 is 0 Å². The lowest BCUT2D eigenvalue weighted by Gasteiger charge is -2.08. The van der Waals surface area contributed by atoms with E-state index in [2.05, 4.69) is 63.9 Å². The highest BCUT2D eigenvalue weighted by atomic mass is 16.5. The molecular weight excluding hydrogens is 220 g/mol. The fourth-order valence-electron chi connectivity index (χ4n) is 1.48. The Hall–Kier alpha value is -2.02. The summed E-state index contributed by atoms with van der Waals surface area (Å²) in [5.41, 5.74) is 2.54. The van der Waals surface area contributed by atoms with Gasteiger partial charge in [-0.2, -0.15) is 0 Å². The van der Waals surface area contributed by atoms with Crippen LogP contribution in [0.15, 0.2) is 73.7 Å². The van der Waals surface area contributed by atoms with Crippen molar-refractivity contribution in [3.05, 3.63) is 84.9 Å². The van der Waals surface area contributed by atoms with Crippen LogP contribution in [-0.4, -0.2) is 0 Å². The summed E-state index contributed by atoms with van der Waals surface area (Å²) in [6, 6.07) is 8.50. The molecule has 1 unspecified atom stereocenters. The van der Waals surface area contributed by atoms with E-state index in [0.29, 0.717) is 17.4 Å². The maximum absolute atomic E-state index is 5.31. The summed E-state index contributed by atoms with van der Waals surface area (Å²) in [7, 11) is 0. The predicted octanol–water partition coefficient (Wildman–Crippen LogP) is 4.88. The van der Waals surface area contributed by atoms with Crippen LogP contribution in [0.2, 0.25) is 0 Å². The van der Waals surface area contributed by atoms with Gasteiger partial charge in [0.05, 0.1) is 0 Å². The summed E-state index contributed by atoms with van der Waals surface area (Å²) < 4.78 is 5.31. The number of hydrogen-bond acceptors (Lipinski definition) is 1. The third kappa shape index (κ3) is 4.46. The molecule has 0 saturated carbocycles. The lowest BCUT2D eigenvalue weighted by Crippen LogP contribution is -1.90. The zero-order valence-corrected chi connectivity index (χ0v) is 11.1. The molecule has 94 valence electrons. The van der Waals surface area contributed by atoms with Gasteiger partial charge in [-0.25, -0.2) is 0 Å². The minimum atomic E-state index is 0.322. The Labute approximate surface area is 110 Å². The molecule has 1 heteroatoms. The van der Waals surface area contributed by atoms with E-state index in [0.717, 1.165) is 0 Å². The molecule has 0 saturated heterocycles. The van der Waals surface area contributed by atoms with E-state index < -0.39 is 0 Å². The first-order chi connectivity index (χ1) is 8.52. The van der Waals surface area contributed by atoms with E-state index in [1.165, 1.54) is 11.1 Å². The SMILES string of the molecule is C=CC(=C)OC(=C)/C=C\C(C)c1ccc(C)cc1. The van der Waals surface area contributed by atoms with E-state index in [1.807, 2.05) is 6.08 Å². The van der Waals surface area contributed by atoms with Gasteiger partial charge in [-0.1, -0.05) is 62.6 Å². The Kier molecular flexibility index (Phi) is 5.19. The second-order valence-corrected chi connectivity index (χ2v) is 4.30. The van der Waals surface area contributed by atoms with Crippen LogP contribution in [0, 0.1) is 6.92 Å². The lowest BCUT2D eigenvalue weighted by molar-refractivity contribution is 0.340. The Morgan fingerprint density at radius 2 is 1.78 bits per heavy atom. The summed E-state index contributed by atoms with van der Waals surface area (Å²) in [5.74, 6) is 1.40. The van der Waals surface area contributed by atoms with Crippen molar-refractivity contribution < 1.29 is 4.74 Å². The average Bonchev–Trinajstić information content (AvgIpc) is 2.36. The first kappa shape index (κ1) is 14.0. The van der Waals surface area contributed by atoms with Gasteiger partial charge in [-0.3, -0.25) is 0 Å². The number of benzene rings is 1. The fraction of sp³-hybridized carbons (Fsp3) is 0.176. The van der Waals surface area contributed by atoms with Gasteiger partial charge in [-0.05, 0) is 30.6 Å². The van der Waals surface area contributed by atoms with Crippen molar-refractivity contribution in [2.75, 3.05) is 0 Å². The Morgan fingerprint density at radius 1 is 1.17 bits per heavy atom. The van der Waals surface area contributed by atoms with Crippen molar-refractivity contribution in [3.63, 3.8) is 0 Å². The van der Waals surface area contributed by atoms with Crippen LogP contribution in [0.3, 0.4) is 0 Å². The zero-order valence-electron chi connectivity index (χ0n) is 11.1. The van der Waals surface area contributed by atoms with E-state index in [1.54, 1.807) is 6.08 Å². The number of aryl methyl sites for hydroxylation is 1. The third-order valence-electron chi connectivity index (χ3n) is 2.66. The molecule has 0 aromatic heterocycles. The van der Waals surface area contributed by atoms with Gasteiger partial charge in [0.25, 0.3) is 0 Å². The van der Waals surface area contributed by atoms with Crippen LogP contribution >= 0.6 is 0 Å². The first-order valence-electron chi connectivity index (χ1n) is 5.96. The van der Waals surface area contributed by atoms with Gasteiger partial charge in [0.1, 0.15) is 11.5 Å². The van der Waals surface area contributed by atoms with E-state index >= 15 is 0 Å². The molecule has 1 rings (SSSR count). The van der Waals surface area contributed by atoms with Crippen molar-refractivity contribution in [2.24, 2.45) is 0 Å². The molecule has 0 fully saturated rings. The molecule has 0 aliphatic carbocycles. The van der Waals surface area contributed by atoms with Crippen LogP contribution in [0.4, 0.5) is 0 Å². The van der Waals surface area contributed by atoms with Crippen molar-refractivity contribution in [2.45, 2.75) is 19.8 Å². The molecule has 1 atom stereocenters. The van der Waals surface area contributed by atoms with Crippen LogP contribution in [-0.2, 0) is 4.74 Å². The van der Waals surface area contributed by atoms with Gasteiger partial charge in [-0.15, -0.1) is 0 Å². The largest absolute Gasteiger partial charge is 0.459 e. The number of allylic oxidation sites excluding steroid dienone is 3. The predicted molar refractivity (Wildman–Crippen MR) is 78.3 cm³/mol. The Bertz CT molecular complexity index is 463. The van der Waals surface area contributed by atoms with E-state index in [4.69, 9.17) is 4.74 Å². The quantitative estimate of drug-likeness (QED) is 0.508. The molecule has 0 N–H and O–H groups in total. The maximum Gasteiger partial charge on any atom is 0.119 e. The van der Waals surface area contributed by atoms with E-state index in [9.17, 15) is 0 Å². The van der Waals surface area contributed by atoms with Gasteiger partial charge in [0.2, 0.25) is 0 Å². The van der Waals surface area contributed by atoms with Crippen LogP contribution in [0.5, 0.6) is 0 Å². The van der Waals surface area contributed by atoms with Crippen LogP contribution in [0.1, 0.15) is 24.0 Å². The second kappa shape index (κ2) is 6.65. The summed E-state index contributed by atoms with van der Waals surface area (Å²) in [6.07, 6.45) is 5.48. The van der Waals surface area contributed by atoms with E-state index in [-0.39, 0.29) is 0 Å². The van der Waals surface area contributed by atoms with Crippen molar-refractivity contribution in [3.8, 4) is 0 Å². The van der Waals surface area contributed by atoms with Crippen molar-refractivity contribution in [1.82, 2.24) is 0 Å². The van der Waals surface area contributed by atoms with Crippen LogP contribution in [0.25, 0.3) is 0 Å². The Balaban J connectivity index is 2.61. The third-order valence-corrected chi connectivity index (χ3v) is 2.66. The second-order valence-electron chi connectivity index (χ2n) is 4.30. The molecule has 18 heavy (non-hydrogen) atoms. The molecular formula is C17H20O. The number of ether oxygens (including phenoxy) is 1. The molecule has 1 aromatic rings. The fourth-order valence-corrected chi connectivity index (χ4v) is 1.48. The number of hydrogen-bond donors (Lipinski definition) is 0. The maximum atomic E-state index is 5.31. The molecule has 1 nitrogen and oxygen atoms in total. The molecule has 0 heterocycles. The first-order valence-corrected chi connectivity index (χ1v) is 5.96. The highest BCUT2D eigenvalue weighted by Crippen LogP contribution is 2.18. The van der Waals surface area contributed by atoms with Gasteiger partial charge in [0.15, 0.2) is 0 Å².